The molecule has 15 heavy (non-hydrogen) atoms. The molecule has 1 heterocycles. The van der Waals surface area contributed by atoms with Crippen LogP contribution in [0.3, 0.4) is 0 Å². The van der Waals surface area contributed by atoms with Crippen LogP contribution in [-0.4, -0.2) is 9.97 Å². The van der Waals surface area contributed by atoms with Gasteiger partial charge < -0.3 is 11.1 Å². The van der Waals surface area contributed by atoms with Crippen molar-refractivity contribution in [2.24, 2.45) is 5.73 Å². The molecule has 2 rings (SSSR count). The number of nitrogens with zero attached hydrogens (tertiary/aromatic N) is 2. The van der Waals surface area contributed by atoms with Crippen molar-refractivity contribution in [3.63, 3.8) is 0 Å². The minimum atomic E-state index is 0.564. The van der Waals surface area contributed by atoms with Gasteiger partial charge in [-0.3, -0.25) is 0 Å². The third kappa shape index (κ3) is 2.51. The largest absolute Gasteiger partial charge is 0.353 e. The Kier molecular flexibility index (Phi) is 2.90. The molecule has 4 nitrogen and oxygen atoms in total. The van der Waals surface area contributed by atoms with E-state index >= 15 is 0 Å². The lowest BCUT2D eigenvalue weighted by atomic mass is 10.2. The summed E-state index contributed by atoms with van der Waals surface area (Å²) in [6.07, 6.45) is 4.95. The van der Waals surface area contributed by atoms with Crippen molar-refractivity contribution in [1.82, 2.24) is 9.97 Å². The maximum atomic E-state index is 5.51. The van der Waals surface area contributed by atoms with E-state index in [1.807, 2.05) is 24.3 Å². The number of aromatic nitrogens is 2. The molecule has 0 amide bonds. The van der Waals surface area contributed by atoms with E-state index in [-0.39, 0.29) is 0 Å². The molecular formula is C11H12N4. The second kappa shape index (κ2) is 4.52. The first-order valence-corrected chi connectivity index (χ1v) is 4.69. The molecule has 0 saturated carbocycles. The lowest BCUT2D eigenvalue weighted by Crippen LogP contribution is -1.96. The van der Waals surface area contributed by atoms with Crippen LogP contribution in [0.15, 0.2) is 43.0 Å². The molecule has 76 valence electrons. The topological polar surface area (TPSA) is 63.8 Å². The summed E-state index contributed by atoms with van der Waals surface area (Å²) in [5.41, 5.74) is 8.50. The summed E-state index contributed by atoms with van der Waals surface area (Å²) in [4.78, 5) is 7.84. The Morgan fingerprint density at radius 1 is 1.00 bits per heavy atom. The summed E-state index contributed by atoms with van der Waals surface area (Å²) in [5, 5.41) is 3.19. The molecule has 0 bridgehead atoms. The predicted molar refractivity (Wildman–Crippen MR) is 59.6 cm³/mol. The van der Waals surface area contributed by atoms with E-state index in [9.17, 15) is 0 Å². The number of benzene rings is 1. The van der Waals surface area contributed by atoms with Crippen LogP contribution in [0.1, 0.15) is 5.56 Å². The van der Waals surface area contributed by atoms with Crippen LogP contribution >= 0.6 is 0 Å². The van der Waals surface area contributed by atoms with Gasteiger partial charge in [0.05, 0.1) is 18.1 Å². The Hall–Kier alpha value is -1.94. The molecule has 0 fully saturated rings. The van der Waals surface area contributed by atoms with Crippen molar-refractivity contribution >= 4 is 11.4 Å². The Labute approximate surface area is 88.2 Å². The van der Waals surface area contributed by atoms with E-state index in [0.29, 0.717) is 6.54 Å². The number of hydrogen-bond donors (Lipinski definition) is 2. The van der Waals surface area contributed by atoms with Crippen molar-refractivity contribution in [1.29, 1.82) is 0 Å². The molecule has 0 aliphatic heterocycles. The molecule has 0 unspecified atom stereocenters. The molecule has 0 aliphatic rings. The molecule has 3 N–H and O–H groups in total. The highest BCUT2D eigenvalue weighted by Crippen LogP contribution is 2.14. The molecule has 2 aromatic rings. The van der Waals surface area contributed by atoms with Crippen LogP contribution in [-0.2, 0) is 6.54 Å². The van der Waals surface area contributed by atoms with Crippen LogP contribution in [0, 0.1) is 0 Å². The van der Waals surface area contributed by atoms with Gasteiger partial charge in [-0.25, -0.2) is 9.97 Å². The van der Waals surface area contributed by atoms with E-state index in [0.717, 1.165) is 16.9 Å². The summed E-state index contributed by atoms with van der Waals surface area (Å²) in [6, 6.07) is 7.95. The highest BCUT2D eigenvalue weighted by atomic mass is 14.9. The first kappa shape index (κ1) is 9.61. The third-order valence-electron chi connectivity index (χ3n) is 2.04. The van der Waals surface area contributed by atoms with Gasteiger partial charge in [0, 0.05) is 12.2 Å². The Morgan fingerprint density at radius 2 is 1.67 bits per heavy atom. The summed E-state index contributed by atoms with van der Waals surface area (Å²) < 4.78 is 0. The number of hydrogen-bond acceptors (Lipinski definition) is 4. The maximum absolute atomic E-state index is 5.51. The minimum Gasteiger partial charge on any atom is -0.353 e. The molecule has 1 aromatic heterocycles. The molecule has 4 heteroatoms. The van der Waals surface area contributed by atoms with Gasteiger partial charge in [-0.1, -0.05) is 12.1 Å². The monoisotopic (exact) mass is 200 g/mol. The summed E-state index contributed by atoms with van der Waals surface area (Å²) in [5.74, 6) is 0. The van der Waals surface area contributed by atoms with E-state index in [4.69, 9.17) is 5.73 Å². The SMILES string of the molecule is NCc1ccc(Nc2cncnc2)cc1. The Morgan fingerprint density at radius 3 is 2.27 bits per heavy atom. The van der Waals surface area contributed by atoms with Gasteiger partial charge in [0.1, 0.15) is 6.33 Å². The number of rotatable bonds is 3. The first-order valence-electron chi connectivity index (χ1n) is 4.69. The van der Waals surface area contributed by atoms with Crippen LogP contribution in [0.2, 0.25) is 0 Å². The van der Waals surface area contributed by atoms with Gasteiger partial charge in [-0.05, 0) is 17.7 Å². The quantitative estimate of drug-likeness (QED) is 0.791. The van der Waals surface area contributed by atoms with Gasteiger partial charge in [0.25, 0.3) is 0 Å². The van der Waals surface area contributed by atoms with Crippen LogP contribution in [0.5, 0.6) is 0 Å². The Bertz CT molecular complexity index is 410. The van der Waals surface area contributed by atoms with Gasteiger partial charge in [0.15, 0.2) is 0 Å². The number of anilines is 2. The first-order chi connectivity index (χ1) is 7.38. The van der Waals surface area contributed by atoms with Crippen molar-refractivity contribution in [3.05, 3.63) is 48.5 Å². The molecule has 0 atom stereocenters. The second-order valence-corrected chi connectivity index (χ2v) is 3.15. The molecule has 0 saturated heterocycles. The van der Waals surface area contributed by atoms with Crippen LogP contribution < -0.4 is 11.1 Å². The van der Waals surface area contributed by atoms with Gasteiger partial charge in [0.2, 0.25) is 0 Å². The van der Waals surface area contributed by atoms with Crippen LogP contribution in [0.4, 0.5) is 11.4 Å². The normalized spacial score (nSPS) is 9.93. The van der Waals surface area contributed by atoms with Crippen LogP contribution in [0.25, 0.3) is 0 Å². The highest BCUT2D eigenvalue weighted by Gasteiger charge is 1.94. The van der Waals surface area contributed by atoms with E-state index in [1.165, 1.54) is 6.33 Å². The minimum absolute atomic E-state index is 0.564. The lowest BCUT2D eigenvalue weighted by molar-refractivity contribution is 1.07. The molecule has 0 radical (unpaired) electrons. The third-order valence-corrected chi connectivity index (χ3v) is 2.04. The number of nitrogens with one attached hydrogen (secondary N) is 1. The van der Waals surface area contributed by atoms with E-state index in [1.54, 1.807) is 12.4 Å². The summed E-state index contributed by atoms with van der Waals surface area (Å²) in [6.45, 7) is 0.564. The predicted octanol–water partition coefficient (Wildman–Crippen LogP) is 1.68. The summed E-state index contributed by atoms with van der Waals surface area (Å²) in [7, 11) is 0. The molecule has 0 spiro atoms. The summed E-state index contributed by atoms with van der Waals surface area (Å²) >= 11 is 0. The van der Waals surface area contributed by atoms with Crippen molar-refractivity contribution in [2.75, 3.05) is 5.32 Å². The van der Waals surface area contributed by atoms with Gasteiger partial charge >= 0.3 is 0 Å². The molecule has 1 aromatic carbocycles. The highest BCUT2D eigenvalue weighted by molar-refractivity contribution is 5.57. The van der Waals surface area contributed by atoms with Gasteiger partial charge in [-0.2, -0.15) is 0 Å². The zero-order valence-corrected chi connectivity index (χ0v) is 8.22. The smallest absolute Gasteiger partial charge is 0.115 e. The zero-order chi connectivity index (χ0) is 10.5. The average Bonchev–Trinajstić information content (AvgIpc) is 2.31. The fourth-order valence-corrected chi connectivity index (χ4v) is 1.25. The van der Waals surface area contributed by atoms with Crippen molar-refractivity contribution in [2.45, 2.75) is 6.54 Å². The maximum Gasteiger partial charge on any atom is 0.115 e. The van der Waals surface area contributed by atoms with E-state index < -0.39 is 0 Å². The second-order valence-electron chi connectivity index (χ2n) is 3.15. The zero-order valence-electron chi connectivity index (χ0n) is 8.22. The number of nitrogens with two attached hydrogens (primary N) is 1. The fraction of sp³-hybridized carbons (Fsp3) is 0.0909. The average molecular weight is 200 g/mol. The van der Waals surface area contributed by atoms with Crippen molar-refractivity contribution in [3.8, 4) is 0 Å². The fourth-order valence-electron chi connectivity index (χ4n) is 1.25. The van der Waals surface area contributed by atoms with Crippen molar-refractivity contribution < 1.29 is 0 Å². The van der Waals surface area contributed by atoms with Gasteiger partial charge in [-0.15, -0.1) is 0 Å². The molecule has 0 aliphatic carbocycles. The molecular weight excluding hydrogens is 188 g/mol. The standard InChI is InChI=1S/C11H12N4/c12-5-9-1-3-10(4-2-9)15-11-6-13-8-14-7-11/h1-4,6-8,15H,5,12H2. The van der Waals surface area contributed by atoms with E-state index in [2.05, 4.69) is 15.3 Å². The Balaban J connectivity index is 2.11. The lowest BCUT2D eigenvalue weighted by Gasteiger charge is -2.05.